The summed E-state index contributed by atoms with van der Waals surface area (Å²) >= 11 is 0. The van der Waals surface area contributed by atoms with E-state index in [1.807, 2.05) is 0 Å². The smallest absolute Gasteiger partial charge is 0.340 e. The van der Waals surface area contributed by atoms with Gasteiger partial charge in [-0.3, -0.25) is 0 Å². The zero-order valence-corrected chi connectivity index (χ0v) is 10.1. The van der Waals surface area contributed by atoms with Gasteiger partial charge in [0, 0.05) is 12.1 Å². The van der Waals surface area contributed by atoms with Crippen LogP contribution in [0.2, 0.25) is 0 Å². The van der Waals surface area contributed by atoms with E-state index < -0.39 is 17.5 Å². The second-order valence-electron chi connectivity index (χ2n) is 4.40. The van der Waals surface area contributed by atoms with Gasteiger partial charge in [-0.2, -0.15) is 0 Å². The number of hydrogen-bond acceptors (Lipinski definition) is 3. The van der Waals surface area contributed by atoms with Crippen LogP contribution in [0, 0.1) is 5.82 Å². The monoisotopic (exact) mass is 255 g/mol. The number of esters is 1. The van der Waals surface area contributed by atoms with Gasteiger partial charge in [0.1, 0.15) is 5.82 Å². The van der Waals surface area contributed by atoms with Crippen LogP contribution in [0.5, 0.6) is 0 Å². The van der Waals surface area contributed by atoms with Gasteiger partial charge in [-0.25, -0.2) is 13.6 Å². The SMILES string of the molecule is COC(=O)c1cccc(C2(F)CCCNC2)c1F. The molecule has 1 unspecified atom stereocenters. The van der Waals surface area contributed by atoms with Crippen molar-refractivity contribution in [2.45, 2.75) is 18.5 Å². The molecule has 0 saturated carbocycles. The minimum Gasteiger partial charge on any atom is -0.465 e. The fraction of sp³-hybridized carbons (Fsp3) is 0.462. The Bertz CT molecular complexity index is 456. The summed E-state index contributed by atoms with van der Waals surface area (Å²) in [6.07, 6.45) is 0.889. The van der Waals surface area contributed by atoms with Crippen LogP contribution in [0.15, 0.2) is 18.2 Å². The molecule has 1 aromatic carbocycles. The van der Waals surface area contributed by atoms with Crippen molar-refractivity contribution in [3.05, 3.63) is 35.1 Å². The average Bonchev–Trinajstić information content (AvgIpc) is 2.39. The van der Waals surface area contributed by atoms with E-state index in [1.54, 1.807) is 0 Å². The Hall–Kier alpha value is -1.49. The topological polar surface area (TPSA) is 38.3 Å². The molecule has 0 spiro atoms. The number of carbonyl (C=O) groups is 1. The Morgan fingerprint density at radius 3 is 2.89 bits per heavy atom. The highest BCUT2D eigenvalue weighted by Crippen LogP contribution is 2.35. The standard InChI is InChI=1S/C13H15F2NO2/c1-18-12(17)9-4-2-5-10(11(9)14)13(15)6-3-7-16-8-13/h2,4-5,16H,3,6-8H2,1H3. The second kappa shape index (κ2) is 5.02. The third-order valence-corrected chi connectivity index (χ3v) is 3.22. The van der Waals surface area contributed by atoms with Gasteiger partial charge in [-0.1, -0.05) is 12.1 Å². The van der Waals surface area contributed by atoms with E-state index in [4.69, 9.17) is 0 Å². The van der Waals surface area contributed by atoms with Crippen LogP contribution in [0.4, 0.5) is 8.78 Å². The average molecular weight is 255 g/mol. The molecule has 0 amide bonds. The number of hydrogen-bond donors (Lipinski definition) is 1. The highest BCUT2D eigenvalue weighted by molar-refractivity contribution is 5.89. The van der Waals surface area contributed by atoms with Gasteiger partial charge < -0.3 is 10.1 Å². The predicted molar refractivity (Wildman–Crippen MR) is 62.6 cm³/mol. The molecule has 1 fully saturated rings. The van der Waals surface area contributed by atoms with Crippen LogP contribution in [0.25, 0.3) is 0 Å². The third kappa shape index (κ3) is 2.22. The lowest BCUT2D eigenvalue weighted by Gasteiger charge is -2.31. The molecule has 1 N–H and O–H groups in total. The molecule has 1 aliphatic heterocycles. The van der Waals surface area contributed by atoms with Crippen LogP contribution >= 0.6 is 0 Å². The summed E-state index contributed by atoms with van der Waals surface area (Å²) in [5, 5.41) is 2.91. The van der Waals surface area contributed by atoms with Crippen molar-refractivity contribution in [2.75, 3.05) is 20.2 Å². The van der Waals surface area contributed by atoms with Crippen molar-refractivity contribution in [3.63, 3.8) is 0 Å². The van der Waals surface area contributed by atoms with Gasteiger partial charge in [0.15, 0.2) is 5.67 Å². The number of carbonyl (C=O) groups excluding carboxylic acids is 1. The molecule has 18 heavy (non-hydrogen) atoms. The molecule has 1 heterocycles. The second-order valence-corrected chi connectivity index (χ2v) is 4.40. The first-order chi connectivity index (χ1) is 8.58. The number of ether oxygens (including phenoxy) is 1. The van der Waals surface area contributed by atoms with Crippen LogP contribution in [-0.4, -0.2) is 26.2 Å². The summed E-state index contributed by atoms with van der Waals surface area (Å²) in [5.74, 6) is -1.61. The highest BCUT2D eigenvalue weighted by atomic mass is 19.1. The van der Waals surface area contributed by atoms with E-state index in [2.05, 4.69) is 10.1 Å². The van der Waals surface area contributed by atoms with Crippen molar-refractivity contribution in [3.8, 4) is 0 Å². The van der Waals surface area contributed by atoms with Gasteiger partial charge in [0.05, 0.1) is 12.7 Å². The van der Waals surface area contributed by atoms with E-state index in [0.29, 0.717) is 6.42 Å². The van der Waals surface area contributed by atoms with Crippen LogP contribution < -0.4 is 5.32 Å². The number of piperidine rings is 1. The van der Waals surface area contributed by atoms with Gasteiger partial charge in [0.2, 0.25) is 0 Å². The number of alkyl halides is 1. The van der Waals surface area contributed by atoms with Crippen LogP contribution in [0.3, 0.4) is 0 Å². The molecule has 0 bridgehead atoms. The van der Waals surface area contributed by atoms with Crippen LogP contribution in [-0.2, 0) is 10.4 Å². The molecule has 0 radical (unpaired) electrons. The maximum atomic E-state index is 14.7. The van der Waals surface area contributed by atoms with E-state index in [0.717, 1.165) is 6.54 Å². The molecule has 0 aromatic heterocycles. The molecule has 0 aliphatic carbocycles. The maximum absolute atomic E-state index is 14.7. The highest BCUT2D eigenvalue weighted by Gasteiger charge is 2.37. The summed E-state index contributed by atoms with van der Waals surface area (Å²) < 4.78 is 33.3. The molecule has 5 heteroatoms. The normalized spacial score (nSPS) is 23.7. The molecular weight excluding hydrogens is 240 g/mol. The molecular formula is C13H15F2NO2. The minimum absolute atomic E-state index is 0.0640. The lowest BCUT2D eigenvalue weighted by atomic mass is 9.87. The summed E-state index contributed by atoms with van der Waals surface area (Å²) in [4.78, 5) is 11.4. The third-order valence-electron chi connectivity index (χ3n) is 3.22. The fourth-order valence-corrected chi connectivity index (χ4v) is 2.24. The Labute approximate surface area is 104 Å². The molecule has 1 saturated heterocycles. The summed E-state index contributed by atoms with van der Waals surface area (Å²) in [7, 11) is 1.17. The first-order valence-corrected chi connectivity index (χ1v) is 5.85. The molecule has 3 nitrogen and oxygen atoms in total. The van der Waals surface area contributed by atoms with Crippen molar-refractivity contribution < 1.29 is 18.3 Å². The Balaban J connectivity index is 2.42. The number of rotatable bonds is 2. The Morgan fingerprint density at radius 2 is 2.28 bits per heavy atom. The molecule has 1 aromatic rings. The van der Waals surface area contributed by atoms with Gasteiger partial charge >= 0.3 is 5.97 Å². The lowest BCUT2D eigenvalue weighted by molar-refractivity contribution is 0.0593. The summed E-state index contributed by atoms with van der Waals surface area (Å²) in [5.41, 5.74) is -2.05. The van der Waals surface area contributed by atoms with E-state index in [-0.39, 0.29) is 24.1 Å². The zero-order chi connectivity index (χ0) is 13.2. The molecule has 98 valence electrons. The number of nitrogens with one attached hydrogen (secondary N) is 1. The first-order valence-electron chi connectivity index (χ1n) is 5.85. The predicted octanol–water partition coefficient (Wildman–Crippen LogP) is 2.16. The molecule has 2 rings (SSSR count). The number of benzene rings is 1. The molecule has 1 aliphatic rings. The van der Waals surface area contributed by atoms with Crippen molar-refractivity contribution in [1.29, 1.82) is 0 Å². The van der Waals surface area contributed by atoms with E-state index in [9.17, 15) is 13.6 Å². The Morgan fingerprint density at radius 1 is 1.50 bits per heavy atom. The maximum Gasteiger partial charge on any atom is 0.340 e. The van der Waals surface area contributed by atoms with Crippen molar-refractivity contribution >= 4 is 5.97 Å². The quantitative estimate of drug-likeness (QED) is 0.823. The van der Waals surface area contributed by atoms with Gasteiger partial charge in [-0.05, 0) is 25.5 Å². The lowest BCUT2D eigenvalue weighted by Crippen LogP contribution is -2.40. The number of halogens is 2. The summed E-state index contributed by atoms with van der Waals surface area (Å²) in [6.45, 7) is 0.790. The largest absolute Gasteiger partial charge is 0.465 e. The van der Waals surface area contributed by atoms with Crippen molar-refractivity contribution in [1.82, 2.24) is 5.32 Å². The van der Waals surface area contributed by atoms with E-state index >= 15 is 0 Å². The van der Waals surface area contributed by atoms with Gasteiger partial charge in [0.25, 0.3) is 0 Å². The summed E-state index contributed by atoms with van der Waals surface area (Å²) in [6, 6.07) is 4.15. The fourth-order valence-electron chi connectivity index (χ4n) is 2.24. The van der Waals surface area contributed by atoms with Crippen LogP contribution in [0.1, 0.15) is 28.8 Å². The number of methoxy groups -OCH3 is 1. The van der Waals surface area contributed by atoms with Gasteiger partial charge in [-0.15, -0.1) is 0 Å². The van der Waals surface area contributed by atoms with Crippen molar-refractivity contribution in [2.24, 2.45) is 0 Å². The zero-order valence-electron chi connectivity index (χ0n) is 10.1. The molecule has 1 atom stereocenters. The Kier molecular flexibility index (Phi) is 3.61. The van der Waals surface area contributed by atoms with E-state index in [1.165, 1.54) is 25.3 Å². The first kappa shape index (κ1) is 13.0. The minimum atomic E-state index is -1.76.